The van der Waals surface area contributed by atoms with Crippen LogP contribution in [-0.2, 0) is 4.74 Å². The lowest BCUT2D eigenvalue weighted by Gasteiger charge is -2.34. The fourth-order valence-corrected chi connectivity index (χ4v) is 3.86. The van der Waals surface area contributed by atoms with Crippen LogP contribution < -0.4 is 10.1 Å². The number of nitrogens with zero attached hydrogens (tertiary/aromatic N) is 2. The maximum atomic E-state index is 13.5. The van der Waals surface area contributed by atoms with Crippen LogP contribution in [0.1, 0.15) is 34.6 Å². The number of hydrogen-bond donors (Lipinski definition) is 1. The number of benzene rings is 2. The van der Waals surface area contributed by atoms with Gasteiger partial charge in [-0.25, -0.2) is 4.39 Å². The molecule has 1 heterocycles. The smallest absolute Gasteiger partial charge is 0.257 e. The third kappa shape index (κ3) is 6.09. The molecule has 7 nitrogen and oxygen atoms in total. The lowest BCUT2D eigenvalue weighted by Crippen LogP contribution is -2.45. The maximum Gasteiger partial charge on any atom is 0.257 e. The van der Waals surface area contributed by atoms with Crippen LogP contribution in [0.2, 0.25) is 0 Å². The van der Waals surface area contributed by atoms with Gasteiger partial charge >= 0.3 is 0 Å². The van der Waals surface area contributed by atoms with Crippen molar-refractivity contribution in [2.75, 3.05) is 46.2 Å². The predicted octanol–water partition coefficient (Wildman–Crippen LogP) is 3.51. The molecular weight excluding hydrogens is 425 g/mol. The molecule has 0 aliphatic carbocycles. The van der Waals surface area contributed by atoms with Crippen LogP contribution >= 0.6 is 0 Å². The van der Waals surface area contributed by atoms with Gasteiger partial charge in [-0.15, -0.1) is 0 Å². The highest BCUT2D eigenvalue weighted by Crippen LogP contribution is 2.27. The first-order valence-corrected chi connectivity index (χ1v) is 11.0. The molecule has 1 aliphatic rings. The minimum Gasteiger partial charge on any atom is -0.491 e. The van der Waals surface area contributed by atoms with Crippen molar-refractivity contribution < 1.29 is 23.5 Å². The molecule has 8 heteroatoms. The lowest BCUT2D eigenvalue weighted by atomic mass is 10.0. The van der Waals surface area contributed by atoms with Crippen molar-refractivity contribution in [2.45, 2.75) is 26.0 Å². The van der Waals surface area contributed by atoms with Gasteiger partial charge in [0.2, 0.25) is 0 Å². The summed E-state index contributed by atoms with van der Waals surface area (Å²) >= 11 is 0. The van der Waals surface area contributed by atoms with Crippen LogP contribution in [0.3, 0.4) is 0 Å². The van der Waals surface area contributed by atoms with Crippen molar-refractivity contribution in [3.63, 3.8) is 0 Å². The quantitative estimate of drug-likeness (QED) is 0.764. The SMILES string of the molecule is CO[C@H]1CN(C)C(=O)c2ccc(NC(=O)c3cccc(F)c3)cc2OC[C@@H](C)N(C)C[C@@H]1C. The molecule has 0 spiro atoms. The van der Waals surface area contributed by atoms with Crippen molar-refractivity contribution in [3.05, 3.63) is 59.4 Å². The third-order valence-corrected chi connectivity index (χ3v) is 6.10. The van der Waals surface area contributed by atoms with E-state index in [0.29, 0.717) is 30.2 Å². The Morgan fingerprint density at radius 2 is 1.91 bits per heavy atom. The van der Waals surface area contributed by atoms with Crippen molar-refractivity contribution in [1.82, 2.24) is 9.80 Å². The molecule has 0 saturated carbocycles. The number of carbonyl (C=O) groups excluding carboxylic acids is 2. The van der Waals surface area contributed by atoms with Gasteiger partial charge in [-0.05, 0) is 50.2 Å². The van der Waals surface area contributed by atoms with Crippen LogP contribution in [0.25, 0.3) is 0 Å². The number of hydrogen-bond acceptors (Lipinski definition) is 5. The number of carbonyl (C=O) groups is 2. The summed E-state index contributed by atoms with van der Waals surface area (Å²) in [7, 11) is 5.44. The molecule has 1 aliphatic heterocycles. The monoisotopic (exact) mass is 457 g/mol. The van der Waals surface area contributed by atoms with E-state index in [0.717, 1.165) is 6.54 Å². The summed E-state index contributed by atoms with van der Waals surface area (Å²) in [6.07, 6.45) is -0.109. The summed E-state index contributed by atoms with van der Waals surface area (Å²) in [6.45, 7) is 5.78. The number of halogens is 1. The van der Waals surface area contributed by atoms with Crippen LogP contribution in [0.15, 0.2) is 42.5 Å². The molecule has 0 bridgehead atoms. The third-order valence-electron chi connectivity index (χ3n) is 6.10. The Kier molecular flexibility index (Phi) is 8.05. The number of anilines is 1. The van der Waals surface area contributed by atoms with E-state index in [2.05, 4.69) is 24.1 Å². The van der Waals surface area contributed by atoms with Crippen molar-refractivity contribution in [3.8, 4) is 5.75 Å². The van der Waals surface area contributed by atoms with Crippen LogP contribution in [0.4, 0.5) is 10.1 Å². The summed E-state index contributed by atoms with van der Waals surface area (Å²) < 4.78 is 25.2. The van der Waals surface area contributed by atoms with Crippen molar-refractivity contribution in [2.24, 2.45) is 5.92 Å². The first-order valence-electron chi connectivity index (χ1n) is 11.0. The number of amides is 2. The average molecular weight is 458 g/mol. The Morgan fingerprint density at radius 3 is 2.61 bits per heavy atom. The van der Waals surface area contributed by atoms with Crippen LogP contribution in [-0.4, -0.2) is 74.7 Å². The normalized spacial score (nSPS) is 22.5. The highest BCUT2D eigenvalue weighted by molar-refractivity contribution is 6.05. The van der Waals surface area contributed by atoms with Crippen LogP contribution in [0.5, 0.6) is 5.75 Å². The topological polar surface area (TPSA) is 71.1 Å². The molecule has 3 rings (SSSR count). The summed E-state index contributed by atoms with van der Waals surface area (Å²) in [5.74, 6) is -0.525. The highest BCUT2D eigenvalue weighted by Gasteiger charge is 2.27. The Bertz CT molecular complexity index is 999. The molecule has 0 aromatic heterocycles. The fraction of sp³-hybridized carbons (Fsp3) is 0.440. The maximum absolute atomic E-state index is 13.5. The number of methoxy groups -OCH3 is 1. The van der Waals surface area contributed by atoms with E-state index < -0.39 is 11.7 Å². The first kappa shape index (κ1) is 24.7. The van der Waals surface area contributed by atoms with E-state index >= 15 is 0 Å². The van der Waals surface area contributed by atoms with E-state index in [1.54, 1.807) is 37.3 Å². The van der Waals surface area contributed by atoms with Gasteiger partial charge in [0.25, 0.3) is 11.8 Å². The molecule has 0 saturated heterocycles. The molecule has 0 fully saturated rings. The number of ether oxygens (including phenoxy) is 2. The minimum atomic E-state index is -0.487. The second-order valence-electron chi connectivity index (χ2n) is 8.71. The number of rotatable bonds is 3. The summed E-state index contributed by atoms with van der Waals surface area (Å²) in [5, 5.41) is 2.75. The van der Waals surface area contributed by atoms with Gasteiger partial charge in [-0.3, -0.25) is 14.5 Å². The van der Waals surface area contributed by atoms with Gasteiger partial charge in [0, 0.05) is 50.6 Å². The highest BCUT2D eigenvalue weighted by atomic mass is 19.1. The molecule has 178 valence electrons. The van der Waals surface area contributed by atoms with Gasteiger partial charge in [-0.1, -0.05) is 13.0 Å². The Morgan fingerprint density at radius 1 is 1.15 bits per heavy atom. The largest absolute Gasteiger partial charge is 0.491 e. The van der Waals surface area contributed by atoms with Gasteiger partial charge in [0.05, 0.1) is 11.7 Å². The fourth-order valence-electron chi connectivity index (χ4n) is 3.86. The molecule has 2 amide bonds. The molecule has 33 heavy (non-hydrogen) atoms. The Balaban J connectivity index is 1.90. The van der Waals surface area contributed by atoms with E-state index in [9.17, 15) is 14.0 Å². The second kappa shape index (κ2) is 10.8. The van der Waals surface area contributed by atoms with Crippen molar-refractivity contribution >= 4 is 17.5 Å². The van der Waals surface area contributed by atoms with Crippen LogP contribution in [0, 0.1) is 11.7 Å². The number of nitrogens with one attached hydrogen (secondary N) is 1. The van der Waals surface area contributed by atoms with E-state index in [4.69, 9.17) is 9.47 Å². The zero-order chi connectivity index (χ0) is 24.1. The predicted molar refractivity (Wildman–Crippen MR) is 125 cm³/mol. The Hall–Kier alpha value is -2.97. The average Bonchev–Trinajstić information content (AvgIpc) is 2.79. The van der Waals surface area contributed by atoms with E-state index in [-0.39, 0.29) is 29.5 Å². The van der Waals surface area contributed by atoms with Gasteiger partial charge < -0.3 is 19.7 Å². The van der Waals surface area contributed by atoms with E-state index in [1.807, 2.05) is 7.05 Å². The van der Waals surface area contributed by atoms with E-state index in [1.165, 1.54) is 24.3 Å². The van der Waals surface area contributed by atoms with Gasteiger partial charge in [0.1, 0.15) is 18.2 Å². The first-order chi connectivity index (χ1) is 15.7. The van der Waals surface area contributed by atoms with Crippen molar-refractivity contribution in [1.29, 1.82) is 0 Å². The van der Waals surface area contributed by atoms with Gasteiger partial charge in [0.15, 0.2) is 0 Å². The zero-order valence-electron chi connectivity index (χ0n) is 19.8. The molecular formula is C25H32FN3O4. The molecule has 1 N–H and O–H groups in total. The number of likely N-dealkylation sites (N-methyl/N-ethyl adjacent to an activating group) is 2. The summed E-state index contributed by atoms with van der Waals surface area (Å²) in [6, 6.07) is 10.5. The standard InChI is InChI=1S/C25H32FN3O4/c1-16-13-28(3)17(2)15-33-22-12-20(27-24(30)18-7-6-8-19(26)11-18)9-10-21(22)25(31)29(4)14-23(16)32-5/h6-12,16-17,23H,13-15H2,1-5H3,(H,27,30)/t16-,17+,23-/m0/s1. The van der Waals surface area contributed by atoms with Gasteiger partial charge in [-0.2, -0.15) is 0 Å². The second-order valence-corrected chi connectivity index (χ2v) is 8.71. The molecule has 0 unspecified atom stereocenters. The lowest BCUT2D eigenvalue weighted by molar-refractivity contribution is 0.0150. The molecule has 2 aromatic carbocycles. The zero-order valence-corrected chi connectivity index (χ0v) is 19.8. The molecule has 3 atom stereocenters. The molecule has 0 radical (unpaired) electrons. The number of fused-ring (bicyclic) bond motifs is 1. The summed E-state index contributed by atoms with van der Waals surface area (Å²) in [4.78, 5) is 29.6. The molecule has 2 aromatic rings. The Labute approximate surface area is 194 Å². The minimum absolute atomic E-state index is 0.0932. The summed E-state index contributed by atoms with van der Waals surface area (Å²) in [5.41, 5.74) is 1.06.